The van der Waals surface area contributed by atoms with Crippen molar-refractivity contribution in [1.82, 2.24) is 9.55 Å². The molecule has 1 atom stereocenters. The lowest BCUT2D eigenvalue weighted by Crippen LogP contribution is -2.27. The van der Waals surface area contributed by atoms with Crippen molar-refractivity contribution in [1.29, 1.82) is 0 Å². The number of benzene rings is 2. The number of para-hydroxylation sites is 1. The number of aromatic nitrogens is 2. The second-order valence-corrected chi connectivity index (χ2v) is 6.15. The quantitative estimate of drug-likeness (QED) is 0.672. The van der Waals surface area contributed by atoms with Crippen LogP contribution in [0.5, 0.6) is 0 Å². The molecule has 0 bridgehead atoms. The van der Waals surface area contributed by atoms with Crippen LogP contribution in [-0.2, 0) is 20.9 Å². The molecule has 2 N–H and O–H groups in total. The van der Waals surface area contributed by atoms with Crippen molar-refractivity contribution in [3.05, 3.63) is 76.3 Å². The normalized spacial score (nSPS) is 11.9. The van der Waals surface area contributed by atoms with Gasteiger partial charge in [-0.25, -0.2) is 4.98 Å². The molecule has 7 heteroatoms. The highest BCUT2D eigenvalue weighted by Gasteiger charge is 2.22. The summed E-state index contributed by atoms with van der Waals surface area (Å²) < 4.78 is 6.57. The Morgan fingerprint density at radius 2 is 1.89 bits per heavy atom. The van der Waals surface area contributed by atoms with Gasteiger partial charge in [0.15, 0.2) is 0 Å². The summed E-state index contributed by atoms with van der Waals surface area (Å²) in [5.74, 6) is -1.38. The van der Waals surface area contributed by atoms with E-state index in [4.69, 9.17) is 10.5 Å². The van der Waals surface area contributed by atoms with E-state index in [0.29, 0.717) is 16.5 Å². The Bertz CT molecular complexity index is 1040. The predicted octanol–water partition coefficient (Wildman–Crippen LogP) is 1.86. The van der Waals surface area contributed by atoms with Crippen molar-refractivity contribution in [2.24, 2.45) is 5.73 Å². The minimum Gasteiger partial charge on any atom is -0.447 e. The van der Waals surface area contributed by atoms with Crippen LogP contribution in [-0.4, -0.2) is 21.4 Å². The van der Waals surface area contributed by atoms with E-state index in [-0.39, 0.29) is 18.5 Å². The minimum atomic E-state index is -1.16. The molecule has 7 nitrogen and oxygen atoms in total. The Morgan fingerprint density at radius 1 is 1.15 bits per heavy atom. The van der Waals surface area contributed by atoms with E-state index in [0.717, 1.165) is 5.56 Å². The van der Waals surface area contributed by atoms with Gasteiger partial charge in [-0.1, -0.05) is 42.5 Å². The van der Waals surface area contributed by atoms with Crippen molar-refractivity contribution in [2.45, 2.75) is 26.0 Å². The molecule has 1 aromatic heterocycles. The topological polar surface area (TPSA) is 104 Å². The molecule has 0 radical (unpaired) electrons. The molecule has 2 aromatic carbocycles. The van der Waals surface area contributed by atoms with Crippen LogP contribution in [0.25, 0.3) is 10.9 Å². The largest absolute Gasteiger partial charge is 0.447 e. The fourth-order valence-electron chi connectivity index (χ4n) is 2.82. The zero-order valence-electron chi connectivity index (χ0n) is 14.8. The molecule has 3 aromatic rings. The second kappa shape index (κ2) is 7.82. The van der Waals surface area contributed by atoms with E-state index in [1.807, 2.05) is 13.0 Å². The lowest BCUT2D eigenvalue weighted by atomic mass is 10.1. The molecule has 0 spiro atoms. The van der Waals surface area contributed by atoms with Crippen LogP contribution >= 0.6 is 0 Å². The lowest BCUT2D eigenvalue weighted by Gasteiger charge is -2.15. The summed E-state index contributed by atoms with van der Waals surface area (Å²) in [7, 11) is 0. The van der Waals surface area contributed by atoms with Gasteiger partial charge in [0.2, 0.25) is 6.10 Å². The van der Waals surface area contributed by atoms with E-state index in [1.54, 1.807) is 42.5 Å². The maximum Gasteiger partial charge on any atom is 0.308 e. The molecule has 0 saturated carbocycles. The van der Waals surface area contributed by atoms with Crippen LogP contribution < -0.4 is 11.3 Å². The van der Waals surface area contributed by atoms with Gasteiger partial charge in [0, 0.05) is 12.1 Å². The third kappa shape index (κ3) is 4.03. The van der Waals surface area contributed by atoms with Gasteiger partial charge in [0.05, 0.1) is 23.7 Å². The van der Waals surface area contributed by atoms with Gasteiger partial charge < -0.3 is 10.5 Å². The minimum absolute atomic E-state index is 0.0878. The van der Waals surface area contributed by atoms with Crippen LogP contribution in [0.3, 0.4) is 0 Å². The summed E-state index contributed by atoms with van der Waals surface area (Å²) in [6, 6.07) is 13.9. The van der Waals surface area contributed by atoms with Crippen molar-refractivity contribution in [3.63, 3.8) is 0 Å². The molecule has 0 saturated heterocycles. The molecule has 3 rings (SSSR count). The predicted molar refractivity (Wildman–Crippen MR) is 99.8 cm³/mol. The second-order valence-electron chi connectivity index (χ2n) is 6.15. The fourth-order valence-corrected chi connectivity index (χ4v) is 2.82. The van der Waals surface area contributed by atoms with Gasteiger partial charge in [-0.05, 0) is 18.6 Å². The zero-order valence-corrected chi connectivity index (χ0v) is 14.8. The van der Waals surface area contributed by atoms with E-state index in [2.05, 4.69) is 4.98 Å². The van der Waals surface area contributed by atoms with E-state index >= 15 is 0 Å². The first kappa shape index (κ1) is 18.3. The van der Waals surface area contributed by atoms with Crippen LogP contribution in [0, 0.1) is 6.92 Å². The number of ether oxygens (including phenoxy) is 1. The van der Waals surface area contributed by atoms with Gasteiger partial charge >= 0.3 is 5.97 Å². The highest BCUT2D eigenvalue weighted by molar-refractivity contribution is 5.83. The molecule has 0 fully saturated rings. The zero-order chi connectivity index (χ0) is 19.4. The Morgan fingerprint density at radius 3 is 2.59 bits per heavy atom. The molecular formula is C20H19N3O4. The summed E-state index contributed by atoms with van der Waals surface area (Å²) >= 11 is 0. The number of aryl methyl sites for hydroxylation is 2. The number of esters is 1. The van der Waals surface area contributed by atoms with Crippen LogP contribution in [0.4, 0.5) is 0 Å². The van der Waals surface area contributed by atoms with Crippen molar-refractivity contribution >= 4 is 22.8 Å². The van der Waals surface area contributed by atoms with Gasteiger partial charge in [0.25, 0.3) is 11.5 Å². The Balaban J connectivity index is 1.72. The molecule has 27 heavy (non-hydrogen) atoms. The summed E-state index contributed by atoms with van der Waals surface area (Å²) in [6.45, 7) is 1.97. The molecule has 0 unspecified atom stereocenters. The highest BCUT2D eigenvalue weighted by atomic mass is 16.5. The van der Waals surface area contributed by atoms with Gasteiger partial charge in [-0.3, -0.25) is 19.0 Å². The summed E-state index contributed by atoms with van der Waals surface area (Å²) in [5, 5.41) is 0.491. The van der Waals surface area contributed by atoms with Crippen LogP contribution in [0.1, 0.15) is 23.7 Å². The van der Waals surface area contributed by atoms with Gasteiger partial charge in [0.1, 0.15) is 0 Å². The number of amides is 1. The molecule has 0 aliphatic heterocycles. The first-order valence-electron chi connectivity index (χ1n) is 8.46. The van der Waals surface area contributed by atoms with E-state index in [9.17, 15) is 14.4 Å². The van der Waals surface area contributed by atoms with Crippen LogP contribution in [0.2, 0.25) is 0 Å². The molecule has 1 amide bonds. The van der Waals surface area contributed by atoms with Crippen molar-refractivity contribution in [3.8, 4) is 0 Å². The average molecular weight is 365 g/mol. The fraction of sp³-hybridized carbons (Fsp3) is 0.200. The monoisotopic (exact) mass is 365 g/mol. The SMILES string of the molecule is Cc1cccc2c(=O)n(CCC(=O)O[C@H](C(N)=O)c3ccccc3)cnc12. The molecule has 0 aliphatic carbocycles. The molecule has 0 aliphatic rings. The van der Waals surface area contributed by atoms with E-state index in [1.165, 1.54) is 10.9 Å². The number of primary amides is 1. The van der Waals surface area contributed by atoms with E-state index < -0.39 is 18.0 Å². The smallest absolute Gasteiger partial charge is 0.308 e. The number of hydrogen-bond donors (Lipinski definition) is 1. The highest BCUT2D eigenvalue weighted by Crippen LogP contribution is 2.17. The number of nitrogens with two attached hydrogens (primary N) is 1. The Labute approximate surface area is 155 Å². The standard InChI is InChI=1S/C20H19N3O4/c1-13-6-5-9-15-17(13)22-12-23(20(15)26)11-10-16(24)27-18(19(21)25)14-7-3-2-4-8-14/h2-9,12,18H,10-11H2,1H3,(H2,21,25)/t18-/m0/s1. The number of carbonyl (C=O) groups is 2. The molecular weight excluding hydrogens is 346 g/mol. The van der Waals surface area contributed by atoms with Gasteiger partial charge in [-0.15, -0.1) is 0 Å². The maximum atomic E-state index is 12.5. The van der Waals surface area contributed by atoms with Crippen molar-refractivity contribution < 1.29 is 14.3 Å². The van der Waals surface area contributed by atoms with Crippen LogP contribution in [0.15, 0.2) is 59.7 Å². The Kier molecular flexibility index (Phi) is 5.30. The van der Waals surface area contributed by atoms with Crippen molar-refractivity contribution in [2.75, 3.05) is 0 Å². The van der Waals surface area contributed by atoms with Gasteiger partial charge in [-0.2, -0.15) is 0 Å². The third-order valence-electron chi connectivity index (χ3n) is 4.22. The maximum absolute atomic E-state index is 12.5. The first-order chi connectivity index (χ1) is 13.0. The third-order valence-corrected chi connectivity index (χ3v) is 4.22. The number of nitrogens with zero attached hydrogens (tertiary/aromatic N) is 2. The number of rotatable bonds is 6. The molecule has 138 valence electrons. The summed E-state index contributed by atoms with van der Waals surface area (Å²) in [4.78, 5) is 40.6. The number of hydrogen-bond acceptors (Lipinski definition) is 5. The molecule has 1 heterocycles. The number of fused-ring (bicyclic) bond motifs is 1. The summed E-state index contributed by atoms with van der Waals surface area (Å²) in [5.41, 5.74) is 7.16. The summed E-state index contributed by atoms with van der Waals surface area (Å²) in [6.07, 6.45) is 0.163. The average Bonchev–Trinajstić information content (AvgIpc) is 2.66. The Hall–Kier alpha value is -3.48. The first-order valence-corrected chi connectivity index (χ1v) is 8.46. The lowest BCUT2D eigenvalue weighted by molar-refractivity contribution is -0.155. The number of carbonyl (C=O) groups excluding carboxylic acids is 2.